The summed E-state index contributed by atoms with van der Waals surface area (Å²) in [5, 5.41) is 38.0. The molecule has 3 N–H and O–H groups in total. The van der Waals surface area contributed by atoms with Crippen molar-refractivity contribution in [2.24, 2.45) is 16.6 Å². The number of Topliss-reactive ketones (excluding diaryl/α,β-unsaturated/α-hetero) is 1. The Labute approximate surface area is 137 Å². The fraction of sp³-hybridized carbons (Fsp3) is 0.294. The number of ketones is 1. The molecule has 1 aromatic carbocycles. The Morgan fingerprint density at radius 1 is 1.21 bits per heavy atom. The Bertz CT molecular complexity index is 825. The predicted molar refractivity (Wildman–Crippen MR) is 80.0 cm³/mol. The van der Waals surface area contributed by atoms with Gasteiger partial charge in [0.05, 0.1) is 24.8 Å². The number of halogens is 1. The number of allylic oxidation sites excluding steroid dienone is 1. The van der Waals surface area contributed by atoms with Crippen LogP contribution < -0.4 is 5.73 Å². The first-order chi connectivity index (χ1) is 11.4. The number of benzene rings is 1. The molecule has 0 heterocycles. The van der Waals surface area contributed by atoms with E-state index >= 15 is 0 Å². The Balaban J connectivity index is 2.53. The third-order valence-electron chi connectivity index (χ3n) is 4.40. The lowest BCUT2D eigenvalue weighted by atomic mass is 9.63. The molecule has 0 saturated carbocycles. The van der Waals surface area contributed by atoms with Crippen LogP contribution in [0.2, 0.25) is 0 Å². The smallest absolute Gasteiger partial charge is 0.172 e. The zero-order valence-electron chi connectivity index (χ0n) is 12.6. The molecule has 0 spiro atoms. The fourth-order valence-corrected chi connectivity index (χ4v) is 2.95. The van der Waals surface area contributed by atoms with E-state index in [0.29, 0.717) is 0 Å². The van der Waals surface area contributed by atoms with Crippen molar-refractivity contribution in [2.75, 3.05) is 6.61 Å². The van der Waals surface area contributed by atoms with Gasteiger partial charge in [-0.2, -0.15) is 15.8 Å². The van der Waals surface area contributed by atoms with Gasteiger partial charge in [0.2, 0.25) is 0 Å². The van der Waals surface area contributed by atoms with E-state index in [4.69, 9.17) is 5.73 Å². The molecule has 0 amide bonds. The van der Waals surface area contributed by atoms with Gasteiger partial charge < -0.3 is 10.8 Å². The Morgan fingerprint density at radius 2 is 1.79 bits per heavy atom. The van der Waals surface area contributed by atoms with Gasteiger partial charge in [-0.25, -0.2) is 4.39 Å². The molecule has 0 aromatic heterocycles. The van der Waals surface area contributed by atoms with Crippen LogP contribution in [0.25, 0.3) is 0 Å². The average Bonchev–Trinajstić information content (AvgIpc) is 2.84. The summed E-state index contributed by atoms with van der Waals surface area (Å²) in [6, 6.07) is 10.2. The fourth-order valence-electron chi connectivity index (χ4n) is 2.95. The van der Waals surface area contributed by atoms with Crippen molar-refractivity contribution in [3.05, 3.63) is 46.9 Å². The Kier molecular flexibility index (Phi) is 4.37. The third kappa shape index (κ3) is 2.31. The van der Waals surface area contributed by atoms with E-state index in [2.05, 4.69) is 0 Å². The predicted octanol–water partition coefficient (Wildman–Crippen LogP) is 1.55. The van der Waals surface area contributed by atoms with Crippen LogP contribution in [-0.4, -0.2) is 17.5 Å². The van der Waals surface area contributed by atoms with E-state index in [9.17, 15) is 30.1 Å². The Hall–Kier alpha value is -3.21. The number of carbonyl (C=O) groups is 1. The third-order valence-corrected chi connectivity index (χ3v) is 4.40. The van der Waals surface area contributed by atoms with Gasteiger partial charge in [0.15, 0.2) is 11.2 Å². The van der Waals surface area contributed by atoms with Crippen molar-refractivity contribution in [1.29, 1.82) is 15.8 Å². The van der Waals surface area contributed by atoms with Crippen LogP contribution in [0.4, 0.5) is 4.39 Å². The van der Waals surface area contributed by atoms with E-state index < -0.39 is 35.5 Å². The van der Waals surface area contributed by atoms with Gasteiger partial charge in [0.25, 0.3) is 0 Å². The van der Waals surface area contributed by atoms with Gasteiger partial charge >= 0.3 is 0 Å². The summed E-state index contributed by atoms with van der Waals surface area (Å²) >= 11 is 0. The number of nitrogens with two attached hydrogens (primary N) is 1. The van der Waals surface area contributed by atoms with Gasteiger partial charge in [-0.3, -0.25) is 4.79 Å². The maximum absolute atomic E-state index is 13.0. The quantitative estimate of drug-likeness (QED) is 0.807. The minimum Gasteiger partial charge on any atom is -0.401 e. The molecule has 1 aliphatic rings. The summed E-state index contributed by atoms with van der Waals surface area (Å²) in [5.41, 5.74) is 2.44. The van der Waals surface area contributed by atoms with Gasteiger partial charge in [0, 0.05) is 24.1 Å². The lowest BCUT2D eigenvalue weighted by Crippen LogP contribution is -2.41. The second kappa shape index (κ2) is 6.12. The van der Waals surface area contributed by atoms with Crippen LogP contribution in [0.1, 0.15) is 23.2 Å². The van der Waals surface area contributed by atoms with Gasteiger partial charge in [-0.05, 0) is 29.8 Å². The zero-order valence-corrected chi connectivity index (χ0v) is 12.6. The maximum atomic E-state index is 13.0. The number of carbonyl (C=O) groups excluding carboxylic acids is 1. The van der Waals surface area contributed by atoms with Crippen LogP contribution >= 0.6 is 0 Å². The molecule has 7 heteroatoms. The molecule has 0 radical (unpaired) electrons. The molecule has 1 aliphatic carbocycles. The molecule has 1 atom stereocenters. The second-order valence-electron chi connectivity index (χ2n) is 5.61. The molecule has 0 saturated heterocycles. The summed E-state index contributed by atoms with van der Waals surface area (Å²) in [5.74, 6) is -1.07. The average molecular weight is 324 g/mol. The number of aliphatic hydroxyl groups is 1. The first-order valence-electron chi connectivity index (χ1n) is 7.01. The van der Waals surface area contributed by atoms with Gasteiger partial charge in [-0.15, -0.1) is 0 Å². The number of hydrogen-bond acceptors (Lipinski definition) is 6. The van der Waals surface area contributed by atoms with Crippen molar-refractivity contribution in [3.8, 4) is 18.2 Å². The maximum Gasteiger partial charge on any atom is 0.172 e. The normalized spacial score (nSPS) is 21.6. The Morgan fingerprint density at radius 3 is 2.25 bits per heavy atom. The van der Waals surface area contributed by atoms with Crippen molar-refractivity contribution in [2.45, 2.75) is 12.8 Å². The number of hydrogen-bond donors (Lipinski definition) is 2. The minimum atomic E-state index is -1.86. The molecule has 0 aliphatic heterocycles. The molecule has 0 fully saturated rings. The molecule has 1 unspecified atom stereocenters. The van der Waals surface area contributed by atoms with E-state index in [0.717, 1.165) is 12.1 Å². The molecule has 1 aromatic rings. The first kappa shape index (κ1) is 17.1. The molecule has 120 valence electrons. The summed E-state index contributed by atoms with van der Waals surface area (Å²) in [6.07, 6.45) is -0.710. The van der Waals surface area contributed by atoms with Crippen molar-refractivity contribution >= 4 is 5.78 Å². The van der Waals surface area contributed by atoms with Crippen LogP contribution in [0, 0.1) is 50.6 Å². The van der Waals surface area contributed by atoms with Gasteiger partial charge in [-0.1, -0.05) is 0 Å². The summed E-state index contributed by atoms with van der Waals surface area (Å²) < 4.78 is 13.0. The lowest BCUT2D eigenvalue weighted by molar-refractivity contribution is 0.0924. The highest BCUT2D eigenvalue weighted by Crippen LogP contribution is 2.55. The highest BCUT2D eigenvalue weighted by Gasteiger charge is 2.61. The molecular weight excluding hydrogens is 311 g/mol. The largest absolute Gasteiger partial charge is 0.401 e. The van der Waals surface area contributed by atoms with E-state index in [1.165, 1.54) is 12.1 Å². The highest BCUT2D eigenvalue weighted by atomic mass is 19.1. The lowest BCUT2D eigenvalue weighted by Gasteiger charge is -2.31. The number of aliphatic hydroxyl groups excluding tert-OH is 1. The van der Waals surface area contributed by atoms with E-state index in [1.807, 2.05) is 6.07 Å². The molecule has 2 rings (SSSR count). The monoisotopic (exact) mass is 324 g/mol. The number of nitrogens with zero attached hydrogens (tertiary/aromatic N) is 3. The molecule has 6 nitrogen and oxygen atoms in total. The highest BCUT2D eigenvalue weighted by molar-refractivity contribution is 5.97. The summed E-state index contributed by atoms with van der Waals surface area (Å²) in [7, 11) is 0. The van der Waals surface area contributed by atoms with Crippen molar-refractivity contribution in [3.63, 3.8) is 0 Å². The summed E-state index contributed by atoms with van der Waals surface area (Å²) in [4.78, 5) is 12.5. The van der Waals surface area contributed by atoms with Gasteiger partial charge in [0.1, 0.15) is 11.2 Å². The molecular formula is C17H13FN4O2. The first-order valence-corrected chi connectivity index (χ1v) is 7.01. The zero-order chi connectivity index (χ0) is 18.0. The summed E-state index contributed by atoms with van der Waals surface area (Å²) in [6.45, 7) is -0.509. The van der Waals surface area contributed by atoms with E-state index in [1.54, 1.807) is 12.1 Å². The van der Waals surface area contributed by atoms with Crippen LogP contribution in [0.5, 0.6) is 0 Å². The van der Waals surface area contributed by atoms with E-state index in [-0.39, 0.29) is 23.3 Å². The minimum absolute atomic E-state index is 0.119. The topological polar surface area (TPSA) is 135 Å². The molecule has 24 heavy (non-hydrogen) atoms. The van der Waals surface area contributed by atoms with Crippen LogP contribution in [0.15, 0.2) is 35.5 Å². The number of nitriles is 3. The second-order valence-corrected chi connectivity index (χ2v) is 5.61. The van der Waals surface area contributed by atoms with Crippen LogP contribution in [0.3, 0.4) is 0 Å². The van der Waals surface area contributed by atoms with Crippen molar-refractivity contribution in [1.82, 2.24) is 0 Å². The van der Waals surface area contributed by atoms with Crippen LogP contribution in [-0.2, 0) is 0 Å². The van der Waals surface area contributed by atoms with Crippen molar-refractivity contribution < 1.29 is 14.3 Å². The number of rotatable bonds is 4. The standard InChI is InChI=1S/C17H13FN4O2/c18-13-3-1-11(2-4-13)14(24)6-17(10-21)15(22)12(7-23)5-16(17,8-19)9-20/h1-4,23H,5-7,22H2. The SMILES string of the molecule is N#CC1(C#N)CC(CO)=C(N)C1(C#N)CC(=O)c1ccc(F)cc1. The molecule has 0 bridgehead atoms.